The molecule has 95 heavy (non-hydrogen) atoms. The van der Waals surface area contributed by atoms with E-state index in [1.165, 1.54) is 35.0 Å². The molecule has 2 saturated heterocycles. The molecule has 11 rings (SSSR count). The van der Waals surface area contributed by atoms with Crippen LogP contribution in [0.5, 0.6) is 0 Å². The van der Waals surface area contributed by atoms with E-state index in [4.69, 9.17) is 15.2 Å². The Morgan fingerprint density at radius 2 is 1.02 bits per heavy atom. The van der Waals surface area contributed by atoms with Crippen LogP contribution in [0.4, 0.5) is 10.5 Å². The van der Waals surface area contributed by atoms with Crippen LogP contribution < -0.4 is 21.7 Å². The van der Waals surface area contributed by atoms with E-state index in [0.29, 0.717) is 41.5 Å². The summed E-state index contributed by atoms with van der Waals surface area (Å²) in [5.41, 5.74) is 7.66. The Hall–Kier alpha value is -6.25. The molecule has 5 amide bonds. The number of carbonyl (C=O) groups excluding carboxylic acids is 6. The van der Waals surface area contributed by atoms with E-state index in [2.05, 4.69) is 43.6 Å². The van der Waals surface area contributed by atoms with Crippen LogP contribution in [0.25, 0.3) is 0 Å². The molecule has 4 saturated carbocycles. The molecule has 8 aliphatic rings. The van der Waals surface area contributed by atoms with Crippen molar-refractivity contribution in [3.63, 3.8) is 0 Å². The molecule has 0 bridgehead atoms. The van der Waals surface area contributed by atoms with Gasteiger partial charge in [-0.15, -0.1) is 12.4 Å². The number of halogens is 1. The number of piperidine rings is 2. The predicted octanol–water partition coefficient (Wildman–Crippen LogP) is 8.35. The van der Waals surface area contributed by atoms with Crippen LogP contribution in [0.3, 0.4) is 0 Å². The van der Waals surface area contributed by atoms with Crippen molar-refractivity contribution in [1.82, 2.24) is 34.4 Å². The lowest BCUT2D eigenvalue weighted by Gasteiger charge is -2.38. The number of hydrogen-bond donors (Lipinski definition) is 4. The van der Waals surface area contributed by atoms with E-state index < -0.39 is 78.6 Å². The molecule has 6 fully saturated rings. The molecule has 0 aromatic heterocycles. The summed E-state index contributed by atoms with van der Waals surface area (Å²) in [6.07, 6.45) is 9.53. The lowest BCUT2D eigenvalue weighted by atomic mass is 9.83. The summed E-state index contributed by atoms with van der Waals surface area (Å²) in [4.78, 5) is 94.4. The fourth-order valence-corrected chi connectivity index (χ4v) is 18.8. The number of ether oxygens (including phenoxy) is 2. The molecular formula is C69H100ClN9O14S2. The lowest BCUT2D eigenvalue weighted by Crippen LogP contribution is -2.60. The number of likely N-dealkylation sites (tertiary alicyclic amines) is 2. The summed E-state index contributed by atoms with van der Waals surface area (Å²) in [7, 11) is -4.32. The number of rotatable bonds is 16. The number of nitrogens with two attached hydrogens (primary N) is 1. The minimum Gasteiger partial charge on any atom is -0.467 e. The summed E-state index contributed by atoms with van der Waals surface area (Å²) in [6, 6.07) is 16.0. The number of nitro benzene ring substituents is 1. The molecule has 5 N–H and O–H groups in total. The zero-order chi connectivity index (χ0) is 68.8. The number of nitro groups is 1. The lowest BCUT2D eigenvalue weighted by molar-refractivity contribution is -0.384. The molecule has 23 nitrogen and oxygen atoms in total. The first-order valence-corrected chi connectivity index (χ1v) is 36.2. The first-order chi connectivity index (χ1) is 44.0. The molecule has 0 radical (unpaired) electrons. The van der Waals surface area contributed by atoms with Crippen LogP contribution >= 0.6 is 12.4 Å². The van der Waals surface area contributed by atoms with Gasteiger partial charge in [-0.25, -0.2) is 31.2 Å². The SMILES string of the molecule is CC(C)(C)[C@H](N)CN1Cc2ccccc2S1(=O)=O.COC(=O)[C@@H]1[C@@H]2[C@H](CN1C(=O)[C@@H](NC(=O)Cc1ccc([N+](=O)[O-])cc1)C1CCCCC1)C2(C)C.COC(=O)[C@@H]1[C@@H]2[C@H](CN1C(=O)[C@@H](NC(=O)N[C@H](CN1Cc3ccccc3S1(=O)=O)C(C)(C)C)C1CCCCC1)C2(C)C.Cl. The van der Waals surface area contributed by atoms with Crippen molar-refractivity contribution in [3.8, 4) is 0 Å². The molecule has 3 aromatic carbocycles. The third kappa shape index (κ3) is 15.9. The minimum absolute atomic E-state index is 0. The van der Waals surface area contributed by atoms with Gasteiger partial charge in [0, 0.05) is 75.3 Å². The normalized spacial score (nSPS) is 25.7. The number of benzene rings is 3. The fraction of sp³-hybridized carbons (Fsp3) is 0.652. The number of non-ortho nitro benzene ring substituents is 1. The Balaban J connectivity index is 0.000000195. The van der Waals surface area contributed by atoms with Crippen LogP contribution in [-0.4, -0.2) is 153 Å². The highest BCUT2D eigenvalue weighted by Crippen LogP contribution is 2.66. The number of methoxy groups -OCH3 is 2. The summed E-state index contributed by atoms with van der Waals surface area (Å²) in [5.74, 6) is -0.975. The second-order valence-corrected chi connectivity index (χ2v) is 34.4. The van der Waals surface area contributed by atoms with Crippen molar-refractivity contribution in [1.29, 1.82) is 0 Å². The highest BCUT2D eigenvalue weighted by Gasteiger charge is 2.71. The molecule has 10 atom stereocenters. The van der Waals surface area contributed by atoms with Crippen molar-refractivity contribution >= 4 is 73.8 Å². The molecule has 4 aliphatic carbocycles. The third-order valence-corrected chi connectivity index (χ3v) is 25.7. The number of amides is 5. The smallest absolute Gasteiger partial charge is 0.328 e. The maximum absolute atomic E-state index is 14.1. The maximum atomic E-state index is 14.1. The standard InChI is InChI=1S/C31H46N4O6S.C25H33N3O6.C13H20N2O2S.ClH/c1-30(2,3)23(18-34-16-20-14-10-11-15-22(20)42(34,39)40)32-29(38)33-25(19-12-8-7-9-13-19)27(36)35-17-21-24(31(21,4)5)26(35)28(37)41-6;1-25(2)18-14-27(22(20(18)25)24(31)34-3)23(30)21(16-7-5-4-6-8-16)26-19(29)13-15-9-11-17(12-10-15)28(32)33;1-13(2,3)12(14)9-15-8-10-6-4-5-7-11(10)18(15,16)17;/h10-11,14-15,19,21,23-26H,7-9,12-13,16-18H2,1-6H3,(H2,32,33,38);9-12,16,18,20-22H,4-8,13-14H2,1-3H3,(H,26,29);4-7,12H,8-9,14H2,1-3H3;1H/t21-,23+,24-,25-,26-;18-,20-,21-,22-;12-;/m001./s1. The number of fused-ring (bicyclic) bond motifs is 4. The first kappa shape index (κ1) is 74.5. The summed E-state index contributed by atoms with van der Waals surface area (Å²) in [5, 5.41) is 19.8. The largest absolute Gasteiger partial charge is 0.467 e. The molecule has 0 spiro atoms. The fourth-order valence-electron chi connectivity index (χ4n) is 15.5. The van der Waals surface area contributed by atoms with Gasteiger partial charge in [0.2, 0.25) is 37.8 Å². The van der Waals surface area contributed by atoms with Crippen LogP contribution in [0.2, 0.25) is 0 Å². The Morgan fingerprint density at radius 1 is 0.611 bits per heavy atom. The number of nitrogens with one attached hydrogen (secondary N) is 3. The Labute approximate surface area is 567 Å². The van der Waals surface area contributed by atoms with Gasteiger partial charge in [-0.05, 0) is 99.8 Å². The van der Waals surface area contributed by atoms with Gasteiger partial charge in [-0.3, -0.25) is 24.5 Å². The molecule has 3 aromatic rings. The topological polar surface area (TPSA) is 307 Å². The monoisotopic (exact) mass is 1380 g/mol. The molecule has 26 heteroatoms. The van der Waals surface area contributed by atoms with Crippen molar-refractivity contribution in [3.05, 3.63) is 99.6 Å². The van der Waals surface area contributed by atoms with E-state index in [1.807, 2.05) is 65.8 Å². The van der Waals surface area contributed by atoms with Crippen LogP contribution in [-0.2, 0) is 73.0 Å². The highest BCUT2D eigenvalue weighted by atomic mass is 35.5. The van der Waals surface area contributed by atoms with Gasteiger partial charge >= 0.3 is 18.0 Å². The predicted molar refractivity (Wildman–Crippen MR) is 360 cm³/mol. The van der Waals surface area contributed by atoms with Gasteiger partial charge in [0.25, 0.3) is 5.69 Å². The van der Waals surface area contributed by atoms with Crippen molar-refractivity contribution < 1.29 is 60.0 Å². The minimum atomic E-state index is -3.67. The van der Waals surface area contributed by atoms with E-state index in [9.17, 15) is 55.7 Å². The van der Waals surface area contributed by atoms with Gasteiger partial charge < -0.3 is 41.0 Å². The summed E-state index contributed by atoms with van der Waals surface area (Å²) in [6.45, 7) is 22.5. The number of urea groups is 1. The van der Waals surface area contributed by atoms with Crippen LogP contribution in [0.15, 0.2) is 82.6 Å². The molecule has 4 heterocycles. The van der Waals surface area contributed by atoms with Gasteiger partial charge in [0.15, 0.2) is 0 Å². The number of hydrogen-bond acceptors (Lipinski definition) is 15. The summed E-state index contributed by atoms with van der Waals surface area (Å²) < 4.78 is 64.2. The van der Waals surface area contributed by atoms with E-state index >= 15 is 0 Å². The van der Waals surface area contributed by atoms with Crippen molar-refractivity contribution in [2.75, 3.05) is 40.4 Å². The average molecular weight is 1380 g/mol. The van der Waals surface area contributed by atoms with E-state index in [1.54, 1.807) is 46.2 Å². The van der Waals surface area contributed by atoms with Gasteiger partial charge in [-0.2, -0.15) is 8.61 Å². The molecular weight excluding hydrogens is 1280 g/mol. The zero-order valence-electron chi connectivity index (χ0n) is 57.1. The van der Waals surface area contributed by atoms with E-state index in [0.717, 1.165) is 75.3 Å². The Kier molecular flexibility index (Phi) is 22.8. The highest BCUT2D eigenvalue weighted by molar-refractivity contribution is 7.89. The molecule has 0 unspecified atom stereocenters. The second kappa shape index (κ2) is 29.1. The maximum Gasteiger partial charge on any atom is 0.328 e. The van der Waals surface area contributed by atoms with E-state index in [-0.39, 0.29) is 113 Å². The molecule has 524 valence electrons. The van der Waals surface area contributed by atoms with Crippen LogP contribution in [0.1, 0.15) is 150 Å². The number of sulfonamides is 2. The van der Waals surface area contributed by atoms with Gasteiger partial charge in [0.1, 0.15) is 24.2 Å². The number of esters is 2. The number of nitrogens with zero attached hydrogens (tertiary/aromatic N) is 5. The third-order valence-electron chi connectivity index (χ3n) is 21.9. The quantitative estimate of drug-likeness (QED) is 0.0595. The zero-order valence-corrected chi connectivity index (χ0v) is 59.6. The Bertz CT molecular complexity index is 3570. The van der Waals surface area contributed by atoms with Crippen molar-refractivity contribution in [2.45, 2.75) is 199 Å². The molecule has 4 aliphatic heterocycles. The Morgan fingerprint density at radius 3 is 1.41 bits per heavy atom. The first-order valence-electron chi connectivity index (χ1n) is 33.3. The van der Waals surface area contributed by atoms with Crippen molar-refractivity contribution in [2.24, 2.45) is 62.9 Å². The van der Waals surface area contributed by atoms with Crippen LogP contribution in [0, 0.1) is 67.3 Å². The summed E-state index contributed by atoms with van der Waals surface area (Å²) >= 11 is 0. The van der Waals surface area contributed by atoms with Gasteiger partial charge in [0.05, 0.1) is 35.4 Å². The number of carbonyl (C=O) groups is 6. The van der Waals surface area contributed by atoms with Gasteiger partial charge in [-0.1, -0.05) is 156 Å². The second-order valence-electron chi connectivity index (χ2n) is 30.6. The average Bonchev–Trinajstić information content (AvgIpc) is 1.53.